The number of rotatable bonds is 4. The first-order valence-corrected chi connectivity index (χ1v) is 8.69. The van der Waals surface area contributed by atoms with Gasteiger partial charge < -0.3 is 5.32 Å². The van der Waals surface area contributed by atoms with E-state index in [-0.39, 0.29) is 11.6 Å². The number of nitrogens with one attached hydrogen (secondary N) is 1. The molecule has 0 atom stereocenters. The molecular weight excluding hydrogens is 383 g/mol. The predicted molar refractivity (Wildman–Crippen MR) is 103 cm³/mol. The minimum Gasteiger partial charge on any atom is -0.317 e. The molecule has 0 bridgehead atoms. The van der Waals surface area contributed by atoms with Gasteiger partial charge in [0, 0.05) is 17.4 Å². The first kappa shape index (κ1) is 17.9. The van der Waals surface area contributed by atoms with Gasteiger partial charge in [0.2, 0.25) is 5.82 Å². The van der Waals surface area contributed by atoms with Gasteiger partial charge >= 0.3 is 0 Å². The molecule has 4 aromatic rings. The average molecular weight is 397 g/mol. The van der Waals surface area contributed by atoms with Crippen LogP contribution in [0.2, 0.25) is 5.02 Å². The molecule has 0 aliphatic rings. The molecule has 0 aliphatic heterocycles. The lowest BCUT2D eigenvalue weighted by atomic mass is 10.2. The highest BCUT2D eigenvalue weighted by Crippen LogP contribution is 2.24. The van der Waals surface area contributed by atoms with Crippen molar-refractivity contribution in [1.82, 2.24) is 24.5 Å². The number of amides is 1. The number of anilines is 1. The average Bonchev–Trinajstić information content (AvgIpc) is 3.33. The van der Waals surface area contributed by atoms with Gasteiger partial charge in [-0.15, -0.1) is 5.10 Å². The first-order valence-electron chi connectivity index (χ1n) is 8.32. The SMILES string of the molecule is Cc1nc(C(=O)Nc2cc(Cl)ccc2-n2cccn2)nn1-c1ccc(F)cc1. The molecule has 2 heterocycles. The number of hydrogen-bond acceptors (Lipinski definition) is 4. The van der Waals surface area contributed by atoms with E-state index in [2.05, 4.69) is 20.5 Å². The molecule has 1 N–H and O–H groups in total. The number of aromatic nitrogens is 5. The summed E-state index contributed by atoms with van der Waals surface area (Å²) >= 11 is 6.08. The summed E-state index contributed by atoms with van der Waals surface area (Å²) in [5.74, 6) is -0.380. The largest absolute Gasteiger partial charge is 0.317 e. The molecule has 0 unspecified atom stereocenters. The van der Waals surface area contributed by atoms with E-state index in [9.17, 15) is 9.18 Å². The smallest absolute Gasteiger partial charge is 0.295 e. The van der Waals surface area contributed by atoms with Crippen LogP contribution in [-0.2, 0) is 0 Å². The van der Waals surface area contributed by atoms with Crippen LogP contribution >= 0.6 is 11.6 Å². The number of benzene rings is 2. The van der Waals surface area contributed by atoms with Crippen molar-refractivity contribution in [1.29, 1.82) is 0 Å². The number of nitrogens with zero attached hydrogens (tertiary/aromatic N) is 5. The molecular formula is C19H14ClFN6O. The molecule has 2 aromatic carbocycles. The second-order valence-electron chi connectivity index (χ2n) is 5.94. The molecule has 1 amide bonds. The molecule has 0 aliphatic carbocycles. The molecule has 0 fully saturated rings. The third-order valence-electron chi connectivity index (χ3n) is 4.00. The van der Waals surface area contributed by atoms with Crippen LogP contribution in [0.5, 0.6) is 0 Å². The lowest BCUT2D eigenvalue weighted by Crippen LogP contribution is -2.16. The zero-order chi connectivity index (χ0) is 19.7. The van der Waals surface area contributed by atoms with Gasteiger partial charge in [0.25, 0.3) is 5.91 Å². The Hall–Kier alpha value is -3.52. The van der Waals surface area contributed by atoms with Crippen LogP contribution in [0.15, 0.2) is 60.9 Å². The van der Waals surface area contributed by atoms with Crippen LogP contribution in [0.25, 0.3) is 11.4 Å². The molecule has 140 valence electrons. The van der Waals surface area contributed by atoms with Gasteiger partial charge in [0.1, 0.15) is 11.6 Å². The molecule has 0 radical (unpaired) electrons. The van der Waals surface area contributed by atoms with E-state index in [0.29, 0.717) is 27.9 Å². The van der Waals surface area contributed by atoms with Crippen molar-refractivity contribution in [2.24, 2.45) is 0 Å². The number of aryl methyl sites for hydroxylation is 1. The van der Waals surface area contributed by atoms with Gasteiger partial charge in [-0.1, -0.05) is 11.6 Å². The third kappa shape index (κ3) is 3.49. The zero-order valence-corrected chi connectivity index (χ0v) is 15.4. The molecule has 0 spiro atoms. The Morgan fingerprint density at radius 3 is 2.68 bits per heavy atom. The summed E-state index contributed by atoms with van der Waals surface area (Å²) in [6.07, 6.45) is 3.39. The van der Waals surface area contributed by atoms with Crippen molar-refractivity contribution in [2.45, 2.75) is 6.92 Å². The highest BCUT2D eigenvalue weighted by Gasteiger charge is 2.17. The summed E-state index contributed by atoms with van der Waals surface area (Å²) in [7, 11) is 0. The Morgan fingerprint density at radius 2 is 1.96 bits per heavy atom. The van der Waals surface area contributed by atoms with Crippen molar-refractivity contribution in [3.05, 3.63) is 83.4 Å². The maximum atomic E-state index is 13.1. The second-order valence-corrected chi connectivity index (χ2v) is 6.37. The van der Waals surface area contributed by atoms with Crippen molar-refractivity contribution < 1.29 is 9.18 Å². The predicted octanol–water partition coefficient (Wildman–Crippen LogP) is 3.81. The summed E-state index contributed by atoms with van der Waals surface area (Å²) in [5.41, 5.74) is 1.72. The van der Waals surface area contributed by atoms with Crippen molar-refractivity contribution in [3.8, 4) is 11.4 Å². The van der Waals surface area contributed by atoms with E-state index >= 15 is 0 Å². The molecule has 9 heteroatoms. The number of carbonyl (C=O) groups excluding carboxylic acids is 1. The van der Waals surface area contributed by atoms with Crippen LogP contribution in [-0.4, -0.2) is 30.5 Å². The van der Waals surface area contributed by atoms with Crippen LogP contribution < -0.4 is 5.32 Å². The van der Waals surface area contributed by atoms with Gasteiger partial charge in [-0.05, 0) is 55.5 Å². The monoisotopic (exact) mass is 396 g/mol. The van der Waals surface area contributed by atoms with Crippen LogP contribution in [0, 0.1) is 12.7 Å². The summed E-state index contributed by atoms with van der Waals surface area (Å²) in [4.78, 5) is 16.9. The fourth-order valence-electron chi connectivity index (χ4n) is 2.71. The second kappa shape index (κ2) is 7.24. The minimum atomic E-state index is -0.500. The number of halogens is 2. The first-order chi connectivity index (χ1) is 13.5. The maximum Gasteiger partial charge on any atom is 0.295 e. The van der Waals surface area contributed by atoms with E-state index in [1.54, 1.807) is 60.4 Å². The standard InChI is InChI=1S/C19H14ClFN6O/c1-12-23-18(25-27(12)15-6-4-14(21)5-7-15)19(28)24-16-11-13(20)3-8-17(16)26-10-2-9-22-26/h2-11H,1H3,(H,24,28). The Labute approximate surface area is 164 Å². The summed E-state index contributed by atoms with van der Waals surface area (Å²) in [5, 5.41) is 11.7. The zero-order valence-electron chi connectivity index (χ0n) is 14.7. The van der Waals surface area contributed by atoms with E-state index in [0.717, 1.165) is 0 Å². The van der Waals surface area contributed by atoms with E-state index in [1.807, 2.05) is 0 Å². The van der Waals surface area contributed by atoms with Gasteiger partial charge in [-0.3, -0.25) is 4.79 Å². The van der Waals surface area contributed by atoms with Gasteiger partial charge in [0.05, 0.1) is 17.1 Å². The number of carbonyl (C=O) groups is 1. The van der Waals surface area contributed by atoms with Crippen LogP contribution in [0.4, 0.5) is 10.1 Å². The van der Waals surface area contributed by atoms with Crippen LogP contribution in [0.1, 0.15) is 16.4 Å². The van der Waals surface area contributed by atoms with Crippen LogP contribution in [0.3, 0.4) is 0 Å². The van der Waals surface area contributed by atoms with Crippen molar-refractivity contribution in [2.75, 3.05) is 5.32 Å². The van der Waals surface area contributed by atoms with Gasteiger partial charge in [-0.2, -0.15) is 5.10 Å². The highest BCUT2D eigenvalue weighted by molar-refractivity contribution is 6.31. The lowest BCUT2D eigenvalue weighted by molar-refractivity contribution is 0.101. The lowest BCUT2D eigenvalue weighted by Gasteiger charge is -2.10. The Morgan fingerprint density at radius 1 is 1.18 bits per heavy atom. The van der Waals surface area contributed by atoms with Crippen molar-refractivity contribution in [3.63, 3.8) is 0 Å². The summed E-state index contributed by atoms with van der Waals surface area (Å²) < 4.78 is 16.2. The Kier molecular flexibility index (Phi) is 4.62. The summed E-state index contributed by atoms with van der Waals surface area (Å²) in [6, 6.07) is 12.6. The molecule has 0 saturated heterocycles. The molecule has 28 heavy (non-hydrogen) atoms. The Bertz CT molecular complexity index is 1140. The molecule has 2 aromatic heterocycles. The quantitative estimate of drug-likeness (QED) is 0.569. The van der Waals surface area contributed by atoms with E-state index in [1.165, 1.54) is 16.8 Å². The van der Waals surface area contributed by atoms with Gasteiger partial charge in [0.15, 0.2) is 0 Å². The number of hydrogen-bond donors (Lipinski definition) is 1. The van der Waals surface area contributed by atoms with E-state index in [4.69, 9.17) is 11.6 Å². The topological polar surface area (TPSA) is 77.6 Å². The normalized spacial score (nSPS) is 10.8. The molecule has 0 saturated carbocycles. The fourth-order valence-corrected chi connectivity index (χ4v) is 2.88. The summed E-state index contributed by atoms with van der Waals surface area (Å²) in [6.45, 7) is 1.71. The molecule has 4 rings (SSSR count). The third-order valence-corrected chi connectivity index (χ3v) is 4.24. The van der Waals surface area contributed by atoms with Crippen molar-refractivity contribution >= 4 is 23.2 Å². The minimum absolute atomic E-state index is 0.0202. The highest BCUT2D eigenvalue weighted by atomic mass is 35.5. The fraction of sp³-hybridized carbons (Fsp3) is 0.0526. The van der Waals surface area contributed by atoms with E-state index < -0.39 is 5.91 Å². The van der Waals surface area contributed by atoms with Gasteiger partial charge in [-0.25, -0.2) is 18.7 Å². The molecule has 7 nitrogen and oxygen atoms in total. The maximum absolute atomic E-state index is 13.1. The Balaban J connectivity index is 1.64.